The Hall–Kier alpha value is -2.18. The van der Waals surface area contributed by atoms with Crippen LogP contribution < -0.4 is 10.6 Å². The molecule has 2 aromatic carbocycles. The van der Waals surface area contributed by atoms with Gasteiger partial charge in [-0.1, -0.05) is 23.7 Å². The second-order valence-corrected chi connectivity index (χ2v) is 7.20. The maximum absolute atomic E-state index is 14.0. The molecule has 2 aromatic rings. The lowest BCUT2D eigenvalue weighted by molar-refractivity contribution is 0.164. The molecule has 144 valence electrons. The summed E-state index contributed by atoms with van der Waals surface area (Å²) in [5, 5.41) is 5.88. The van der Waals surface area contributed by atoms with Gasteiger partial charge in [0.25, 0.3) is 0 Å². The van der Waals surface area contributed by atoms with Crippen molar-refractivity contribution in [2.24, 2.45) is 5.92 Å². The fraction of sp³-hybridized carbons (Fsp3) is 0.350. The van der Waals surface area contributed by atoms with Crippen LogP contribution in [0, 0.1) is 17.6 Å². The zero-order valence-corrected chi connectivity index (χ0v) is 15.6. The first kappa shape index (κ1) is 19.6. The molecule has 2 amide bonds. The van der Waals surface area contributed by atoms with Crippen molar-refractivity contribution in [3.63, 3.8) is 0 Å². The number of nitrogens with zero attached hydrogens (tertiary/aromatic N) is 1. The van der Waals surface area contributed by atoms with Crippen molar-refractivity contribution in [3.05, 3.63) is 64.7 Å². The molecule has 0 bridgehead atoms. The Balaban J connectivity index is 1.49. The first-order chi connectivity index (χ1) is 13.0. The predicted octanol–water partition coefficient (Wildman–Crippen LogP) is 4.65. The standard InChI is InChI=1S/C20H22ClF2N3O/c21-18-7-2-8-19(23)17(18)13-26-9-3-4-14(12-26)11-24-20(27)25-16-6-1-5-15(22)10-16/h1-2,5-8,10,14H,3-4,9,11-13H2,(H2,24,25,27). The third-order valence-corrected chi connectivity index (χ3v) is 5.03. The van der Waals surface area contributed by atoms with Gasteiger partial charge in [0.1, 0.15) is 11.6 Å². The predicted molar refractivity (Wildman–Crippen MR) is 103 cm³/mol. The molecule has 2 N–H and O–H groups in total. The number of hydrogen-bond acceptors (Lipinski definition) is 2. The molecule has 0 aromatic heterocycles. The van der Waals surface area contributed by atoms with Crippen molar-refractivity contribution in [3.8, 4) is 0 Å². The summed E-state index contributed by atoms with van der Waals surface area (Å²) in [5.41, 5.74) is 0.920. The summed E-state index contributed by atoms with van der Waals surface area (Å²) in [7, 11) is 0. The van der Waals surface area contributed by atoms with Gasteiger partial charge in [0.15, 0.2) is 0 Å². The highest BCUT2D eigenvalue weighted by Gasteiger charge is 2.22. The van der Waals surface area contributed by atoms with Gasteiger partial charge in [-0.2, -0.15) is 0 Å². The van der Waals surface area contributed by atoms with E-state index in [1.54, 1.807) is 18.2 Å². The number of carbonyl (C=O) groups is 1. The van der Waals surface area contributed by atoms with Crippen LogP contribution in [0.15, 0.2) is 42.5 Å². The number of hydrogen-bond donors (Lipinski definition) is 2. The molecule has 0 aliphatic carbocycles. The molecule has 1 atom stereocenters. The number of urea groups is 1. The molecule has 27 heavy (non-hydrogen) atoms. The van der Waals surface area contributed by atoms with E-state index >= 15 is 0 Å². The number of likely N-dealkylation sites (tertiary alicyclic amines) is 1. The van der Waals surface area contributed by atoms with Gasteiger partial charge < -0.3 is 10.6 Å². The quantitative estimate of drug-likeness (QED) is 0.776. The Morgan fingerprint density at radius 3 is 2.81 bits per heavy atom. The Morgan fingerprint density at radius 1 is 1.22 bits per heavy atom. The minimum atomic E-state index is -0.400. The number of carbonyl (C=O) groups excluding carboxylic acids is 1. The minimum absolute atomic E-state index is 0.266. The van der Waals surface area contributed by atoms with Crippen molar-refractivity contribution < 1.29 is 13.6 Å². The van der Waals surface area contributed by atoms with Gasteiger partial charge in [0.05, 0.1) is 0 Å². The van der Waals surface area contributed by atoms with Crippen LogP contribution in [0.5, 0.6) is 0 Å². The fourth-order valence-corrected chi connectivity index (χ4v) is 3.57. The maximum atomic E-state index is 14.0. The normalized spacial score (nSPS) is 17.5. The van der Waals surface area contributed by atoms with Gasteiger partial charge >= 0.3 is 6.03 Å². The topological polar surface area (TPSA) is 44.4 Å². The van der Waals surface area contributed by atoms with Crippen LogP contribution >= 0.6 is 11.6 Å². The van der Waals surface area contributed by atoms with Crippen LogP contribution in [0.2, 0.25) is 5.02 Å². The third-order valence-electron chi connectivity index (χ3n) is 4.68. The molecule has 0 saturated carbocycles. The van der Waals surface area contributed by atoms with E-state index in [0.29, 0.717) is 29.4 Å². The number of rotatable bonds is 5. The summed E-state index contributed by atoms with van der Waals surface area (Å²) in [6, 6.07) is 10.1. The summed E-state index contributed by atoms with van der Waals surface area (Å²) >= 11 is 6.12. The van der Waals surface area contributed by atoms with Crippen molar-refractivity contribution in [1.82, 2.24) is 10.2 Å². The number of amides is 2. The average molecular weight is 394 g/mol. The first-order valence-electron chi connectivity index (χ1n) is 8.97. The average Bonchev–Trinajstić information content (AvgIpc) is 2.64. The highest BCUT2D eigenvalue weighted by Crippen LogP contribution is 2.24. The van der Waals surface area contributed by atoms with E-state index in [0.717, 1.165) is 25.9 Å². The molecule has 1 fully saturated rings. The Kier molecular flexibility index (Phi) is 6.63. The lowest BCUT2D eigenvalue weighted by atomic mass is 9.97. The summed E-state index contributed by atoms with van der Waals surface area (Å²) < 4.78 is 27.1. The zero-order chi connectivity index (χ0) is 19.2. The SMILES string of the molecule is O=C(NCC1CCCN(Cc2c(F)cccc2Cl)C1)Nc1cccc(F)c1. The lowest BCUT2D eigenvalue weighted by Gasteiger charge is -2.33. The van der Waals surface area contributed by atoms with Crippen molar-refractivity contribution in [2.45, 2.75) is 19.4 Å². The third kappa shape index (κ3) is 5.65. The highest BCUT2D eigenvalue weighted by atomic mass is 35.5. The molecule has 1 aliphatic heterocycles. The molecule has 4 nitrogen and oxygen atoms in total. The van der Waals surface area contributed by atoms with Crippen LogP contribution in [0.4, 0.5) is 19.3 Å². The molecule has 0 radical (unpaired) electrons. The van der Waals surface area contributed by atoms with Crippen LogP contribution in [0.25, 0.3) is 0 Å². The molecule has 3 rings (SSSR count). The summed E-state index contributed by atoms with van der Waals surface area (Å²) in [4.78, 5) is 14.2. The smallest absolute Gasteiger partial charge is 0.319 e. The first-order valence-corrected chi connectivity index (χ1v) is 9.34. The van der Waals surface area contributed by atoms with Gasteiger partial charge in [-0.05, 0) is 55.6 Å². The zero-order valence-electron chi connectivity index (χ0n) is 14.9. The Bertz CT molecular complexity index is 782. The van der Waals surface area contributed by atoms with E-state index in [2.05, 4.69) is 15.5 Å². The second-order valence-electron chi connectivity index (χ2n) is 6.79. The number of piperidine rings is 1. The van der Waals surface area contributed by atoms with E-state index in [9.17, 15) is 13.6 Å². The highest BCUT2D eigenvalue weighted by molar-refractivity contribution is 6.31. The molecule has 0 spiro atoms. The van der Waals surface area contributed by atoms with E-state index < -0.39 is 5.82 Å². The van der Waals surface area contributed by atoms with Crippen LogP contribution in [-0.4, -0.2) is 30.6 Å². The molecule has 1 unspecified atom stereocenters. The second kappa shape index (κ2) is 9.15. The van der Waals surface area contributed by atoms with Gasteiger partial charge in [-0.25, -0.2) is 13.6 Å². The van der Waals surface area contributed by atoms with Crippen LogP contribution in [0.1, 0.15) is 18.4 Å². The lowest BCUT2D eigenvalue weighted by Crippen LogP contribution is -2.41. The van der Waals surface area contributed by atoms with Crippen LogP contribution in [0.3, 0.4) is 0 Å². The van der Waals surface area contributed by atoms with Crippen molar-refractivity contribution >= 4 is 23.3 Å². The molecular weight excluding hydrogens is 372 g/mol. The van der Waals surface area contributed by atoms with Crippen molar-refractivity contribution in [1.29, 1.82) is 0 Å². The fourth-order valence-electron chi connectivity index (χ4n) is 3.35. The number of benzene rings is 2. The number of nitrogens with one attached hydrogen (secondary N) is 2. The molecular formula is C20H22ClF2N3O. The Morgan fingerprint density at radius 2 is 2.04 bits per heavy atom. The number of anilines is 1. The van der Waals surface area contributed by atoms with Gasteiger partial charge in [0.2, 0.25) is 0 Å². The summed E-state index contributed by atoms with van der Waals surface area (Å²) in [5.74, 6) is -0.428. The van der Waals surface area contributed by atoms with Gasteiger partial charge in [-0.3, -0.25) is 4.90 Å². The molecule has 7 heteroatoms. The largest absolute Gasteiger partial charge is 0.338 e. The molecule has 1 saturated heterocycles. The van der Waals surface area contributed by atoms with Crippen molar-refractivity contribution in [2.75, 3.05) is 25.0 Å². The van der Waals surface area contributed by atoms with Crippen LogP contribution in [-0.2, 0) is 6.54 Å². The van der Waals surface area contributed by atoms with E-state index in [1.165, 1.54) is 24.3 Å². The molecule has 1 aliphatic rings. The van der Waals surface area contributed by atoms with Gasteiger partial charge in [-0.15, -0.1) is 0 Å². The minimum Gasteiger partial charge on any atom is -0.338 e. The summed E-state index contributed by atoms with van der Waals surface area (Å²) in [6.45, 7) is 2.59. The summed E-state index contributed by atoms with van der Waals surface area (Å²) in [6.07, 6.45) is 1.96. The monoisotopic (exact) mass is 393 g/mol. The van der Waals surface area contributed by atoms with E-state index in [4.69, 9.17) is 11.6 Å². The maximum Gasteiger partial charge on any atom is 0.319 e. The molecule has 1 heterocycles. The number of halogens is 3. The van der Waals surface area contributed by atoms with Gasteiger partial charge in [0, 0.05) is 35.9 Å². The Labute approximate surface area is 162 Å². The van der Waals surface area contributed by atoms with E-state index in [-0.39, 0.29) is 17.8 Å². The van der Waals surface area contributed by atoms with E-state index in [1.807, 2.05) is 0 Å².